The molecule has 6 rings (SSSR count). The number of ether oxygens (including phenoxy) is 4. The molecule has 6 aromatic rings. The van der Waals surface area contributed by atoms with E-state index < -0.39 is 17.4 Å². The van der Waals surface area contributed by atoms with Crippen molar-refractivity contribution in [1.29, 1.82) is 0 Å². The van der Waals surface area contributed by atoms with E-state index in [0.29, 0.717) is 74.4 Å². The lowest BCUT2D eigenvalue weighted by Crippen LogP contribution is -2.39. The van der Waals surface area contributed by atoms with E-state index >= 15 is 0 Å². The summed E-state index contributed by atoms with van der Waals surface area (Å²) in [5.41, 5.74) is 7.33. The number of carbonyl (C=O) groups is 1. The molecule has 0 spiro atoms. The van der Waals surface area contributed by atoms with E-state index in [9.17, 15) is 18.0 Å². The van der Waals surface area contributed by atoms with Crippen LogP contribution in [0.1, 0.15) is 67.4 Å². The van der Waals surface area contributed by atoms with Crippen LogP contribution in [0.2, 0.25) is 10.0 Å². The highest BCUT2D eigenvalue weighted by Crippen LogP contribution is 2.40. The zero-order valence-electron chi connectivity index (χ0n) is 39.0. The molecule has 0 saturated carbocycles. The van der Waals surface area contributed by atoms with Crippen LogP contribution in [0.3, 0.4) is 0 Å². The molecule has 2 aromatic heterocycles. The van der Waals surface area contributed by atoms with Gasteiger partial charge in [0, 0.05) is 34.4 Å². The van der Waals surface area contributed by atoms with Gasteiger partial charge in [-0.05, 0) is 116 Å². The highest BCUT2D eigenvalue weighted by molar-refractivity contribution is 6.33. The van der Waals surface area contributed by atoms with Crippen molar-refractivity contribution in [1.82, 2.24) is 29.9 Å². The first kappa shape index (κ1) is 53.8. The van der Waals surface area contributed by atoms with Crippen LogP contribution < -0.4 is 24.7 Å². The zero-order chi connectivity index (χ0) is 48.6. The Morgan fingerprint density at radius 1 is 0.582 bits per heavy atom. The van der Waals surface area contributed by atoms with Gasteiger partial charge in [0.2, 0.25) is 0 Å². The molecule has 0 aliphatic rings. The minimum atomic E-state index is -4.62. The standard InChI is InChI=1S/C28H31ClF3N3O3.C21H23ClN4O2.ClH/c1-26(2,3)16-38-19-11-9-18(10-12-19)23-33-24(35-25(34-23)37-6)20-15-17(7-13-21(20)29)8-14-22(36)27(4,5)28(30,31)32;1-21(2,3)12-28-15-8-5-13(6-9-15)18-24-19(26-20(25-18)27-4)16-11-14(23)7-10-17(16)22;/h7,9-13,15H,8,14,16H2,1-6H3;5-11H,12,23H2,1-4H3;1H. The molecule has 2 N–H and O–H groups in total. The van der Waals surface area contributed by atoms with E-state index in [4.69, 9.17) is 47.9 Å². The first-order chi connectivity index (χ1) is 30.8. The summed E-state index contributed by atoms with van der Waals surface area (Å²) >= 11 is 12.7. The van der Waals surface area contributed by atoms with Gasteiger partial charge in [0.05, 0.1) is 37.5 Å². The molecule has 0 atom stereocenters. The van der Waals surface area contributed by atoms with E-state index in [-0.39, 0.29) is 53.9 Å². The van der Waals surface area contributed by atoms with E-state index in [1.54, 1.807) is 36.4 Å². The summed E-state index contributed by atoms with van der Waals surface area (Å²) < 4.78 is 61.8. The van der Waals surface area contributed by atoms with Gasteiger partial charge in [-0.1, -0.05) is 70.8 Å². The summed E-state index contributed by atoms with van der Waals surface area (Å²) in [6.45, 7) is 15.6. The predicted octanol–water partition coefficient (Wildman–Crippen LogP) is 12.7. The lowest BCUT2D eigenvalue weighted by atomic mass is 9.84. The topological polar surface area (TPSA) is 157 Å². The van der Waals surface area contributed by atoms with Crippen LogP contribution in [-0.4, -0.2) is 69.3 Å². The minimum absolute atomic E-state index is 0. The van der Waals surface area contributed by atoms with Gasteiger partial charge in [0.25, 0.3) is 0 Å². The summed E-state index contributed by atoms with van der Waals surface area (Å²) in [5.74, 6) is 2.06. The Morgan fingerprint density at radius 3 is 1.39 bits per heavy atom. The number of anilines is 1. The number of nitrogen functional groups attached to an aromatic ring is 1. The molecule has 67 heavy (non-hydrogen) atoms. The van der Waals surface area contributed by atoms with Crippen molar-refractivity contribution in [2.24, 2.45) is 16.2 Å². The lowest BCUT2D eigenvalue weighted by Gasteiger charge is -2.26. The smallest absolute Gasteiger partial charge is 0.400 e. The number of aromatic nitrogens is 6. The van der Waals surface area contributed by atoms with Gasteiger partial charge < -0.3 is 24.7 Å². The van der Waals surface area contributed by atoms with Crippen LogP contribution in [0.5, 0.6) is 23.5 Å². The Bertz CT molecular complexity index is 2620. The summed E-state index contributed by atoms with van der Waals surface area (Å²) in [6, 6.07) is 25.2. The molecule has 0 bridgehead atoms. The molecule has 18 heteroatoms. The van der Waals surface area contributed by atoms with E-state index in [2.05, 4.69) is 71.4 Å². The molecule has 0 unspecified atom stereocenters. The fourth-order valence-electron chi connectivity index (χ4n) is 5.74. The third-order valence-electron chi connectivity index (χ3n) is 9.71. The van der Waals surface area contributed by atoms with Gasteiger partial charge in [-0.3, -0.25) is 4.79 Å². The maximum atomic E-state index is 13.2. The molecule has 0 aliphatic heterocycles. The average Bonchev–Trinajstić information content (AvgIpc) is 3.27. The zero-order valence-corrected chi connectivity index (χ0v) is 41.3. The number of ketones is 1. The number of nitrogens with zero attached hydrogens (tertiary/aromatic N) is 6. The Hall–Kier alpha value is -5.77. The maximum Gasteiger partial charge on any atom is 0.400 e. The number of alkyl halides is 3. The van der Waals surface area contributed by atoms with Crippen LogP contribution in [0.15, 0.2) is 84.9 Å². The number of aryl methyl sites for hydroxylation is 1. The third-order valence-corrected chi connectivity index (χ3v) is 10.4. The van der Waals surface area contributed by atoms with Gasteiger partial charge in [-0.15, -0.1) is 12.4 Å². The number of hydrogen-bond donors (Lipinski definition) is 1. The predicted molar refractivity (Wildman–Crippen MR) is 259 cm³/mol. The van der Waals surface area contributed by atoms with Crippen molar-refractivity contribution in [2.75, 3.05) is 33.2 Å². The number of halogens is 6. The number of hydrogen-bond acceptors (Lipinski definition) is 12. The molecule has 0 radical (unpaired) electrons. The molecular weight excluding hydrogens is 930 g/mol. The van der Waals surface area contributed by atoms with Crippen molar-refractivity contribution >= 4 is 47.1 Å². The number of methoxy groups -OCH3 is 2. The summed E-state index contributed by atoms with van der Waals surface area (Å²) in [4.78, 5) is 38.8. The number of rotatable bonds is 14. The Balaban J connectivity index is 0.000000301. The molecule has 12 nitrogen and oxygen atoms in total. The number of Topliss-reactive ketones (excluding diaryl/α,β-unsaturated/α-hetero) is 1. The highest BCUT2D eigenvalue weighted by Gasteiger charge is 2.52. The molecule has 0 aliphatic carbocycles. The molecule has 2 heterocycles. The van der Waals surface area contributed by atoms with Crippen molar-refractivity contribution in [3.63, 3.8) is 0 Å². The van der Waals surface area contributed by atoms with Gasteiger partial charge in [0.15, 0.2) is 23.3 Å². The largest absolute Gasteiger partial charge is 0.493 e. The Kier molecular flexibility index (Phi) is 18.0. The second-order valence-electron chi connectivity index (χ2n) is 18.3. The maximum absolute atomic E-state index is 13.2. The van der Waals surface area contributed by atoms with Gasteiger partial charge >= 0.3 is 18.2 Å². The van der Waals surface area contributed by atoms with E-state index in [1.807, 2.05) is 48.5 Å². The average molecular weight is 985 g/mol. The molecule has 0 saturated heterocycles. The van der Waals surface area contributed by atoms with Gasteiger partial charge in [-0.25, -0.2) is 9.97 Å². The third kappa shape index (κ3) is 15.1. The van der Waals surface area contributed by atoms with Crippen LogP contribution in [-0.2, 0) is 11.2 Å². The Labute approximate surface area is 405 Å². The lowest BCUT2D eigenvalue weighted by molar-refractivity contribution is -0.210. The van der Waals surface area contributed by atoms with Crippen molar-refractivity contribution in [3.05, 3.63) is 101 Å². The van der Waals surface area contributed by atoms with Crippen molar-refractivity contribution in [2.45, 2.75) is 74.4 Å². The SMILES string of the molecule is COc1nc(-c2ccc(OCC(C)(C)C)cc2)nc(-c2cc(CCC(=O)C(C)(C)C(F)(F)F)ccc2Cl)n1.COc1nc(-c2ccc(OCC(C)(C)C)cc2)nc(-c2cc(N)ccc2Cl)n1.Cl. The van der Waals surface area contributed by atoms with Crippen LogP contribution >= 0.6 is 35.6 Å². The van der Waals surface area contributed by atoms with Crippen molar-refractivity contribution < 1.29 is 36.9 Å². The van der Waals surface area contributed by atoms with E-state index in [0.717, 1.165) is 25.2 Å². The second kappa shape index (κ2) is 22.4. The second-order valence-corrected chi connectivity index (χ2v) is 19.1. The molecule has 0 amide bonds. The van der Waals surface area contributed by atoms with Crippen LogP contribution in [0, 0.1) is 16.2 Å². The minimum Gasteiger partial charge on any atom is -0.493 e. The number of carbonyl (C=O) groups excluding carboxylic acids is 1. The quantitative estimate of drug-likeness (QED) is 0.103. The van der Waals surface area contributed by atoms with Crippen molar-refractivity contribution in [3.8, 4) is 69.1 Å². The molecular formula is C49H55Cl3F3N7O5. The Morgan fingerprint density at radius 2 is 0.985 bits per heavy atom. The first-order valence-electron chi connectivity index (χ1n) is 20.9. The van der Waals surface area contributed by atoms with E-state index in [1.165, 1.54) is 14.2 Å². The van der Waals surface area contributed by atoms with Crippen LogP contribution in [0.4, 0.5) is 18.9 Å². The molecule has 0 fully saturated rings. The highest BCUT2D eigenvalue weighted by atomic mass is 35.5. The van der Waals surface area contributed by atoms with Gasteiger partial charge in [0.1, 0.15) is 22.7 Å². The summed E-state index contributed by atoms with van der Waals surface area (Å²) in [7, 11) is 2.94. The monoisotopic (exact) mass is 983 g/mol. The fraction of sp³-hybridized carbons (Fsp3) is 0.367. The first-order valence-corrected chi connectivity index (χ1v) is 21.6. The normalized spacial score (nSPS) is 11.7. The number of nitrogens with two attached hydrogens (primary N) is 1. The number of benzene rings is 4. The molecule has 358 valence electrons. The van der Waals surface area contributed by atoms with Gasteiger partial charge in [-0.2, -0.15) is 33.1 Å². The van der Waals surface area contributed by atoms with Crippen LogP contribution in [0.25, 0.3) is 45.6 Å². The summed E-state index contributed by atoms with van der Waals surface area (Å²) in [6.07, 6.45) is -4.79. The molecule has 4 aromatic carbocycles. The fourth-order valence-corrected chi connectivity index (χ4v) is 6.14. The summed E-state index contributed by atoms with van der Waals surface area (Å²) in [5, 5.41) is 0.833.